The van der Waals surface area contributed by atoms with Crippen molar-refractivity contribution < 1.29 is 14.9 Å². The van der Waals surface area contributed by atoms with Gasteiger partial charge in [-0.25, -0.2) is 0 Å². The predicted octanol–water partition coefficient (Wildman–Crippen LogP) is -1.72. The summed E-state index contributed by atoms with van der Waals surface area (Å²) in [5.41, 5.74) is 2.73. The second-order valence-corrected chi connectivity index (χ2v) is 2.30. The number of aliphatic hydroxyl groups is 2. The topological polar surface area (TPSA) is 74.1 Å². The smallest absolute Gasteiger partial charge is 0.200 e. The minimum atomic E-state index is -1.12. The molecule has 0 saturated carbocycles. The largest absolute Gasteiger partial charge is 0.369 e. The highest BCUT2D eigenvalue weighted by Crippen LogP contribution is 2.03. The Morgan fingerprint density at radius 1 is 1.83 bits per heavy atom. The Bertz CT molecular complexity index is 229. The standard InChI is InChI=1S/C6H9BN2O3/c1-12-6(11)4-2-3(7)5(10)9-8-4/h2,5-6,9-11H,1H3. The van der Waals surface area contributed by atoms with Crippen LogP contribution in [0.15, 0.2) is 16.6 Å². The van der Waals surface area contributed by atoms with Gasteiger partial charge < -0.3 is 14.9 Å². The molecule has 2 atom stereocenters. The van der Waals surface area contributed by atoms with Gasteiger partial charge in [0.25, 0.3) is 0 Å². The zero-order chi connectivity index (χ0) is 9.14. The van der Waals surface area contributed by atoms with E-state index in [9.17, 15) is 0 Å². The number of hydrazone groups is 1. The van der Waals surface area contributed by atoms with Crippen LogP contribution in [0.25, 0.3) is 0 Å². The summed E-state index contributed by atoms with van der Waals surface area (Å²) in [6, 6.07) is 0. The average Bonchev–Trinajstić information content (AvgIpc) is 2.08. The van der Waals surface area contributed by atoms with Crippen LogP contribution in [0.2, 0.25) is 0 Å². The highest BCUT2D eigenvalue weighted by atomic mass is 16.6. The van der Waals surface area contributed by atoms with E-state index in [0.717, 1.165) is 0 Å². The number of methoxy groups -OCH3 is 1. The monoisotopic (exact) mass is 168 g/mol. The molecule has 1 aliphatic heterocycles. The SMILES string of the molecule is [B]C1=CC(C(O)OC)=NNC1O. The summed E-state index contributed by atoms with van der Waals surface area (Å²) in [6.07, 6.45) is -0.753. The van der Waals surface area contributed by atoms with Crippen molar-refractivity contribution >= 4 is 13.6 Å². The van der Waals surface area contributed by atoms with Crippen molar-refractivity contribution in [2.24, 2.45) is 5.10 Å². The van der Waals surface area contributed by atoms with Crippen molar-refractivity contribution in [1.82, 2.24) is 5.43 Å². The second kappa shape index (κ2) is 3.71. The van der Waals surface area contributed by atoms with Crippen LogP contribution < -0.4 is 5.43 Å². The van der Waals surface area contributed by atoms with Crippen LogP contribution >= 0.6 is 0 Å². The first-order valence-corrected chi connectivity index (χ1v) is 3.34. The molecule has 6 heteroatoms. The molecule has 2 unspecified atom stereocenters. The number of hydrogen-bond acceptors (Lipinski definition) is 5. The van der Waals surface area contributed by atoms with Crippen molar-refractivity contribution in [3.63, 3.8) is 0 Å². The molecule has 0 amide bonds. The molecule has 2 radical (unpaired) electrons. The Morgan fingerprint density at radius 2 is 2.50 bits per heavy atom. The summed E-state index contributed by atoms with van der Waals surface area (Å²) < 4.78 is 4.58. The first kappa shape index (κ1) is 9.24. The lowest BCUT2D eigenvalue weighted by atomic mass is 9.92. The maximum Gasteiger partial charge on any atom is 0.200 e. The number of ether oxygens (including phenoxy) is 1. The second-order valence-electron chi connectivity index (χ2n) is 2.30. The number of hydrogen-bond donors (Lipinski definition) is 3. The van der Waals surface area contributed by atoms with Crippen LogP contribution in [0, 0.1) is 0 Å². The lowest BCUT2D eigenvalue weighted by Crippen LogP contribution is -2.35. The zero-order valence-corrected chi connectivity index (χ0v) is 6.56. The van der Waals surface area contributed by atoms with Gasteiger partial charge in [0.15, 0.2) is 12.5 Å². The molecule has 0 bridgehead atoms. The molecule has 3 N–H and O–H groups in total. The fourth-order valence-corrected chi connectivity index (χ4v) is 0.739. The van der Waals surface area contributed by atoms with Gasteiger partial charge in [0, 0.05) is 7.11 Å². The van der Waals surface area contributed by atoms with E-state index >= 15 is 0 Å². The van der Waals surface area contributed by atoms with Gasteiger partial charge in [-0.05, 0) is 6.08 Å². The predicted molar refractivity (Wildman–Crippen MR) is 43.4 cm³/mol. The molecule has 1 rings (SSSR count). The van der Waals surface area contributed by atoms with E-state index in [4.69, 9.17) is 18.1 Å². The summed E-state index contributed by atoms with van der Waals surface area (Å²) in [7, 11) is 6.70. The Labute approximate surface area is 71.1 Å². The molecule has 0 fully saturated rings. The van der Waals surface area contributed by atoms with Gasteiger partial charge in [0.2, 0.25) is 0 Å². The Kier molecular flexibility index (Phi) is 2.85. The van der Waals surface area contributed by atoms with Crippen LogP contribution in [0.3, 0.4) is 0 Å². The fraction of sp³-hybridized carbons (Fsp3) is 0.500. The van der Waals surface area contributed by atoms with Crippen molar-refractivity contribution in [2.75, 3.05) is 7.11 Å². The molecule has 0 aromatic rings. The molecule has 64 valence electrons. The van der Waals surface area contributed by atoms with E-state index < -0.39 is 12.5 Å². The van der Waals surface area contributed by atoms with Crippen molar-refractivity contribution in [2.45, 2.75) is 12.5 Å². The molecule has 0 spiro atoms. The van der Waals surface area contributed by atoms with Crippen LogP contribution in [0.4, 0.5) is 0 Å². The molecule has 1 heterocycles. The van der Waals surface area contributed by atoms with Crippen LogP contribution in [0.5, 0.6) is 0 Å². The third-order valence-corrected chi connectivity index (χ3v) is 1.42. The molecular weight excluding hydrogens is 159 g/mol. The normalized spacial score (nSPS) is 25.4. The first-order valence-electron chi connectivity index (χ1n) is 3.34. The van der Waals surface area contributed by atoms with E-state index in [-0.39, 0.29) is 11.2 Å². The van der Waals surface area contributed by atoms with Crippen LogP contribution in [-0.4, -0.2) is 43.4 Å². The third kappa shape index (κ3) is 1.85. The summed E-state index contributed by atoms with van der Waals surface area (Å²) in [5.74, 6) is 0. The summed E-state index contributed by atoms with van der Waals surface area (Å²) in [6.45, 7) is 0. The maximum absolute atomic E-state index is 9.11. The summed E-state index contributed by atoms with van der Waals surface area (Å²) in [5, 5.41) is 21.7. The third-order valence-electron chi connectivity index (χ3n) is 1.42. The number of nitrogens with one attached hydrogen (secondary N) is 1. The van der Waals surface area contributed by atoms with Gasteiger partial charge in [-0.2, -0.15) is 5.10 Å². The molecule has 5 nitrogen and oxygen atoms in total. The quantitative estimate of drug-likeness (QED) is 0.338. The number of nitrogens with zero attached hydrogens (tertiary/aromatic N) is 1. The lowest BCUT2D eigenvalue weighted by Gasteiger charge is -2.19. The molecule has 0 aromatic heterocycles. The molecule has 0 saturated heterocycles. The van der Waals surface area contributed by atoms with Crippen molar-refractivity contribution in [1.29, 1.82) is 0 Å². The summed E-state index contributed by atoms with van der Waals surface area (Å²) >= 11 is 0. The number of aliphatic hydroxyl groups excluding tert-OH is 2. The lowest BCUT2D eigenvalue weighted by molar-refractivity contribution is -0.0201. The van der Waals surface area contributed by atoms with Crippen LogP contribution in [0.1, 0.15) is 0 Å². The molecule has 0 aromatic carbocycles. The van der Waals surface area contributed by atoms with E-state index in [1.54, 1.807) is 0 Å². The van der Waals surface area contributed by atoms with Crippen LogP contribution in [-0.2, 0) is 4.74 Å². The molecule has 1 aliphatic rings. The molecular formula is C6H9BN2O3. The van der Waals surface area contributed by atoms with Gasteiger partial charge in [-0.15, -0.1) is 0 Å². The van der Waals surface area contributed by atoms with E-state index in [1.165, 1.54) is 13.2 Å². The minimum absolute atomic E-state index is 0.191. The Morgan fingerprint density at radius 3 is 3.00 bits per heavy atom. The maximum atomic E-state index is 9.11. The van der Waals surface area contributed by atoms with Gasteiger partial charge in [-0.1, -0.05) is 5.47 Å². The molecule has 0 aliphatic carbocycles. The van der Waals surface area contributed by atoms with Gasteiger partial charge in [0.1, 0.15) is 13.6 Å². The van der Waals surface area contributed by atoms with Gasteiger partial charge in [-0.3, -0.25) is 5.43 Å². The highest BCUT2D eigenvalue weighted by Gasteiger charge is 2.16. The van der Waals surface area contributed by atoms with Gasteiger partial charge >= 0.3 is 0 Å². The first-order chi connectivity index (χ1) is 5.65. The average molecular weight is 168 g/mol. The Balaban J connectivity index is 2.71. The molecule has 12 heavy (non-hydrogen) atoms. The number of rotatable bonds is 2. The van der Waals surface area contributed by atoms with E-state index in [0.29, 0.717) is 0 Å². The van der Waals surface area contributed by atoms with Crippen molar-refractivity contribution in [3.8, 4) is 0 Å². The minimum Gasteiger partial charge on any atom is -0.369 e. The fourth-order valence-electron chi connectivity index (χ4n) is 0.739. The highest BCUT2D eigenvalue weighted by molar-refractivity contribution is 6.25. The van der Waals surface area contributed by atoms with E-state index in [2.05, 4.69) is 15.3 Å². The Hall–Kier alpha value is -0.845. The van der Waals surface area contributed by atoms with E-state index in [1.807, 2.05) is 0 Å². The van der Waals surface area contributed by atoms with Gasteiger partial charge in [0.05, 0.1) is 0 Å². The zero-order valence-electron chi connectivity index (χ0n) is 6.56. The van der Waals surface area contributed by atoms with Crippen molar-refractivity contribution in [3.05, 3.63) is 11.5 Å². The summed E-state index contributed by atoms with van der Waals surface area (Å²) in [4.78, 5) is 0.